The van der Waals surface area contributed by atoms with Crippen LogP contribution in [0, 0.1) is 0 Å². The van der Waals surface area contributed by atoms with E-state index in [1.54, 1.807) is 31.4 Å². The van der Waals surface area contributed by atoms with Crippen LogP contribution < -0.4 is 15.6 Å². The topological polar surface area (TPSA) is 120 Å². The smallest absolute Gasteiger partial charge is 0.261 e. The van der Waals surface area contributed by atoms with Gasteiger partial charge >= 0.3 is 0 Å². The number of hydrogen-bond acceptors (Lipinski definition) is 7. The first-order chi connectivity index (χ1) is 16.6. The molecule has 1 atom stereocenters. The molecular weight excluding hydrogens is 496 g/mol. The number of ether oxygens (including phenoxy) is 2. The van der Waals surface area contributed by atoms with E-state index in [2.05, 4.69) is 10.3 Å². The predicted molar refractivity (Wildman–Crippen MR) is 134 cm³/mol. The molecule has 188 valence electrons. The lowest BCUT2D eigenvalue weighted by molar-refractivity contribution is -0.116. The maximum Gasteiger partial charge on any atom is 0.261 e. The summed E-state index contributed by atoms with van der Waals surface area (Å²) < 4.78 is 37.7. The second kappa shape index (κ2) is 11.2. The van der Waals surface area contributed by atoms with Crippen LogP contribution in [-0.2, 0) is 26.1 Å². The molecule has 3 rings (SSSR count). The molecule has 10 nitrogen and oxygen atoms in total. The van der Waals surface area contributed by atoms with Gasteiger partial charge < -0.3 is 14.8 Å². The molecule has 0 radical (unpaired) electrons. The first-order valence-electron chi connectivity index (χ1n) is 10.7. The summed E-state index contributed by atoms with van der Waals surface area (Å²) in [6.07, 6.45) is 0.518. The van der Waals surface area contributed by atoms with Gasteiger partial charge in [-0.15, -0.1) is 11.6 Å². The van der Waals surface area contributed by atoms with Gasteiger partial charge in [-0.05, 0) is 30.7 Å². The van der Waals surface area contributed by atoms with Gasteiger partial charge in [0.25, 0.3) is 5.56 Å². The lowest BCUT2D eigenvalue weighted by atomic mass is 10.2. The minimum Gasteiger partial charge on any atom is -0.495 e. The molecule has 0 aliphatic rings. The number of fused-ring (bicyclic) bond motifs is 1. The number of alkyl halides is 1. The van der Waals surface area contributed by atoms with E-state index in [-0.39, 0.29) is 34.3 Å². The van der Waals surface area contributed by atoms with E-state index in [4.69, 9.17) is 21.1 Å². The van der Waals surface area contributed by atoms with Gasteiger partial charge in [0.15, 0.2) is 5.38 Å². The minimum atomic E-state index is -3.70. The predicted octanol–water partition coefficient (Wildman–Crippen LogP) is 2.61. The first-order valence-corrected chi connectivity index (χ1v) is 12.5. The van der Waals surface area contributed by atoms with Crippen LogP contribution in [0.3, 0.4) is 0 Å². The Morgan fingerprint density at radius 2 is 1.91 bits per heavy atom. The average Bonchev–Trinajstić information content (AvgIpc) is 2.84. The Bertz CT molecular complexity index is 1390. The quantitative estimate of drug-likeness (QED) is 0.321. The molecule has 12 heteroatoms. The Morgan fingerprint density at radius 3 is 2.57 bits per heavy atom. The Hall–Kier alpha value is -2.99. The van der Waals surface area contributed by atoms with Crippen molar-refractivity contribution >= 4 is 44.1 Å². The SMILES string of the molecule is COCCCn1c([C@H](Cl)C(=O)Nc2ccc(S(=O)(=O)N(C)C)cc2OC)nc2ccccc2c1=O. The molecule has 1 N–H and O–H groups in total. The standard InChI is InChI=1S/C23H27ClN4O6S/c1-27(2)35(31,32)15-10-11-18(19(14-15)34-4)26-22(29)20(24)21-25-17-9-6-5-8-16(17)23(30)28(21)12-7-13-33-3/h5-6,8-11,14,20H,7,12-13H2,1-4H3,(H,26,29)/t20-/m0/s1. The number of benzene rings is 2. The van der Waals surface area contributed by atoms with E-state index >= 15 is 0 Å². The summed E-state index contributed by atoms with van der Waals surface area (Å²) in [5.41, 5.74) is 0.329. The zero-order chi connectivity index (χ0) is 25.8. The summed E-state index contributed by atoms with van der Waals surface area (Å²) >= 11 is 6.53. The monoisotopic (exact) mass is 522 g/mol. The van der Waals surface area contributed by atoms with Crippen molar-refractivity contribution in [2.24, 2.45) is 0 Å². The maximum absolute atomic E-state index is 13.1. The van der Waals surface area contributed by atoms with Gasteiger partial charge in [-0.2, -0.15) is 0 Å². The molecule has 3 aromatic rings. The summed E-state index contributed by atoms with van der Waals surface area (Å²) in [6.45, 7) is 0.675. The zero-order valence-corrected chi connectivity index (χ0v) is 21.4. The van der Waals surface area contributed by atoms with Gasteiger partial charge in [-0.1, -0.05) is 12.1 Å². The Morgan fingerprint density at radius 1 is 1.20 bits per heavy atom. The number of amides is 1. The van der Waals surface area contributed by atoms with Crippen molar-refractivity contribution in [3.8, 4) is 5.75 Å². The molecule has 0 fully saturated rings. The van der Waals surface area contributed by atoms with E-state index in [9.17, 15) is 18.0 Å². The van der Waals surface area contributed by atoms with Crippen LogP contribution in [0.25, 0.3) is 10.9 Å². The third kappa shape index (κ3) is 5.64. The Kier molecular flexibility index (Phi) is 8.49. The molecule has 0 aliphatic carbocycles. The largest absolute Gasteiger partial charge is 0.495 e. The molecule has 35 heavy (non-hydrogen) atoms. The number of nitrogens with zero attached hydrogens (tertiary/aromatic N) is 3. The van der Waals surface area contributed by atoms with Gasteiger partial charge in [0.05, 0.1) is 28.6 Å². The fraction of sp³-hybridized carbons (Fsp3) is 0.348. The molecule has 1 amide bonds. The highest BCUT2D eigenvalue weighted by molar-refractivity contribution is 7.89. The summed E-state index contributed by atoms with van der Waals surface area (Å²) in [5, 5.41) is 1.74. The summed E-state index contributed by atoms with van der Waals surface area (Å²) in [5.74, 6) is -0.431. The van der Waals surface area contributed by atoms with Crippen LogP contribution in [0.4, 0.5) is 5.69 Å². The maximum atomic E-state index is 13.1. The molecule has 0 aliphatic heterocycles. The fourth-order valence-electron chi connectivity index (χ4n) is 3.42. The number of halogens is 1. The molecule has 1 aromatic heterocycles. The van der Waals surface area contributed by atoms with Crippen molar-refractivity contribution in [1.29, 1.82) is 0 Å². The van der Waals surface area contributed by atoms with Crippen LogP contribution in [0.1, 0.15) is 17.6 Å². The van der Waals surface area contributed by atoms with Crippen LogP contribution in [0.2, 0.25) is 0 Å². The fourth-order valence-corrected chi connectivity index (χ4v) is 4.56. The minimum absolute atomic E-state index is 0.00273. The third-order valence-electron chi connectivity index (χ3n) is 5.29. The van der Waals surface area contributed by atoms with Crippen molar-refractivity contribution < 1.29 is 22.7 Å². The van der Waals surface area contributed by atoms with E-state index < -0.39 is 21.3 Å². The second-order valence-corrected chi connectivity index (χ2v) is 10.4. The van der Waals surface area contributed by atoms with Gasteiger partial charge in [0.1, 0.15) is 11.6 Å². The number of aromatic nitrogens is 2. The van der Waals surface area contributed by atoms with Crippen LogP contribution >= 0.6 is 11.6 Å². The van der Waals surface area contributed by atoms with Crippen LogP contribution in [0.5, 0.6) is 5.75 Å². The number of nitrogens with one attached hydrogen (secondary N) is 1. The van der Waals surface area contributed by atoms with Crippen molar-refractivity contribution in [3.05, 3.63) is 58.6 Å². The summed E-state index contributed by atoms with van der Waals surface area (Å²) in [7, 11) is 2.04. The van der Waals surface area contributed by atoms with Gasteiger partial charge in [-0.25, -0.2) is 17.7 Å². The number of carbonyl (C=O) groups is 1. The van der Waals surface area contributed by atoms with Crippen LogP contribution in [-0.4, -0.2) is 63.1 Å². The Balaban J connectivity index is 1.97. The van der Waals surface area contributed by atoms with Gasteiger partial charge in [-0.3, -0.25) is 14.2 Å². The van der Waals surface area contributed by atoms with Crippen molar-refractivity contribution in [3.63, 3.8) is 0 Å². The number of carbonyl (C=O) groups excluding carboxylic acids is 1. The highest BCUT2D eigenvalue weighted by Crippen LogP contribution is 2.30. The number of methoxy groups -OCH3 is 2. The number of anilines is 1. The number of hydrogen-bond donors (Lipinski definition) is 1. The molecule has 0 saturated heterocycles. The van der Waals surface area contributed by atoms with Gasteiger partial charge in [0, 0.05) is 40.4 Å². The average molecular weight is 523 g/mol. The Labute approximate surface area is 208 Å². The molecular formula is C23H27ClN4O6S. The number of para-hydroxylation sites is 1. The third-order valence-corrected chi connectivity index (χ3v) is 7.49. The molecule has 0 bridgehead atoms. The number of rotatable bonds is 10. The highest BCUT2D eigenvalue weighted by atomic mass is 35.5. The van der Waals surface area contributed by atoms with E-state index in [0.29, 0.717) is 23.9 Å². The van der Waals surface area contributed by atoms with E-state index in [1.807, 2.05) is 0 Å². The molecule has 2 aromatic carbocycles. The lowest BCUT2D eigenvalue weighted by Gasteiger charge is -2.18. The first kappa shape index (κ1) is 26.6. The summed E-state index contributed by atoms with van der Waals surface area (Å²) in [6, 6.07) is 10.9. The summed E-state index contributed by atoms with van der Waals surface area (Å²) in [4.78, 5) is 30.7. The van der Waals surface area contributed by atoms with Crippen molar-refractivity contribution in [2.75, 3.05) is 40.2 Å². The molecule has 0 saturated carbocycles. The zero-order valence-electron chi connectivity index (χ0n) is 19.8. The molecule has 0 unspecified atom stereocenters. The number of sulfonamides is 1. The van der Waals surface area contributed by atoms with E-state index in [0.717, 1.165) is 4.31 Å². The normalized spacial score (nSPS) is 12.6. The van der Waals surface area contributed by atoms with E-state index in [1.165, 1.54) is 44.0 Å². The van der Waals surface area contributed by atoms with Crippen molar-refractivity contribution in [2.45, 2.75) is 23.2 Å². The van der Waals surface area contributed by atoms with Crippen molar-refractivity contribution in [1.82, 2.24) is 13.9 Å². The molecule has 0 spiro atoms. The second-order valence-electron chi connectivity index (χ2n) is 7.79. The molecule has 1 heterocycles. The van der Waals surface area contributed by atoms with Crippen LogP contribution in [0.15, 0.2) is 52.2 Å². The lowest BCUT2D eigenvalue weighted by Crippen LogP contribution is -2.30. The highest BCUT2D eigenvalue weighted by Gasteiger charge is 2.26. The van der Waals surface area contributed by atoms with Gasteiger partial charge in [0.2, 0.25) is 15.9 Å².